The summed E-state index contributed by atoms with van der Waals surface area (Å²) in [4.78, 5) is 2.54. The fourth-order valence-corrected chi connectivity index (χ4v) is 2.06. The Bertz CT molecular complexity index is 95.3. The molecule has 80 valence electrons. The van der Waals surface area contributed by atoms with E-state index < -0.39 is 0 Å². The van der Waals surface area contributed by atoms with E-state index in [0.29, 0.717) is 0 Å². The van der Waals surface area contributed by atoms with Crippen LogP contribution in [0.15, 0.2) is 0 Å². The van der Waals surface area contributed by atoms with Gasteiger partial charge in [0.15, 0.2) is 0 Å². The molecule has 0 amide bonds. The van der Waals surface area contributed by atoms with Gasteiger partial charge in [-0.25, -0.2) is 0 Å². The summed E-state index contributed by atoms with van der Waals surface area (Å²) >= 11 is 0. The molecule has 0 bridgehead atoms. The summed E-state index contributed by atoms with van der Waals surface area (Å²) in [6.45, 7) is 7.55. The van der Waals surface area contributed by atoms with Gasteiger partial charge in [-0.3, -0.25) is 0 Å². The number of rotatable bonds is 3. The third-order valence-electron chi connectivity index (χ3n) is 2.77. The Morgan fingerprint density at radius 3 is 2.08 bits per heavy atom. The second-order valence-corrected chi connectivity index (χ2v) is 3.77. The minimum atomic E-state index is 0.906. The lowest BCUT2D eigenvalue weighted by Gasteiger charge is -2.30. The molecule has 0 aromatic carbocycles. The van der Waals surface area contributed by atoms with Crippen molar-refractivity contribution < 1.29 is 0 Å². The molecule has 13 heavy (non-hydrogen) atoms. The van der Waals surface area contributed by atoms with Crippen LogP contribution in [0.2, 0.25) is 0 Å². The molecule has 1 aliphatic carbocycles. The second kappa shape index (κ2) is 8.55. The van der Waals surface area contributed by atoms with Gasteiger partial charge in [0, 0.05) is 6.04 Å². The summed E-state index contributed by atoms with van der Waals surface area (Å²) in [6, 6.07) is 0.906. The van der Waals surface area contributed by atoms with E-state index in [2.05, 4.69) is 18.9 Å². The van der Waals surface area contributed by atoms with Crippen LogP contribution in [0.1, 0.15) is 59.3 Å². The van der Waals surface area contributed by atoms with Crippen LogP contribution in [-0.2, 0) is 0 Å². The maximum Gasteiger partial charge on any atom is 0.00922 e. The first-order valence-electron chi connectivity index (χ1n) is 6.05. The van der Waals surface area contributed by atoms with Crippen LogP contribution in [0.3, 0.4) is 0 Å². The van der Waals surface area contributed by atoms with Crippen LogP contribution in [0.25, 0.3) is 0 Å². The first kappa shape index (κ1) is 13.0. The zero-order valence-electron chi connectivity index (χ0n) is 9.97. The first-order valence-corrected chi connectivity index (χ1v) is 6.05. The zero-order valence-corrected chi connectivity index (χ0v) is 9.97. The summed E-state index contributed by atoms with van der Waals surface area (Å²) in [5.41, 5.74) is 0. The molecule has 0 radical (unpaired) electrons. The Kier molecular flexibility index (Phi) is 8.53. The molecule has 1 aliphatic rings. The van der Waals surface area contributed by atoms with Gasteiger partial charge < -0.3 is 4.90 Å². The van der Waals surface area contributed by atoms with E-state index in [1.807, 2.05) is 13.8 Å². The molecule has 0 N–H and O–H groups in total. The Morgan fingerprint density at radius 2 is 1.62 bits per heavy atom. The highest BCUT2D eigenvalue weighted by Gasteiger charge is 2.16. The van der Waals surface area contributed by atoms with Crippen LogP contribution >= 0.6 is 0 Å². The SMILES string of the molecule is CC.CCCN(C)C1CCCCC1. The minimum absolute atomic E-state index is 0.906. The molecule has 1 saturated carbocycles. The van der Waals surface area contributed by atoms with Gasteiger partial charge in [-0.05, 0) is 32.9 Å². The minimum Gasteiger partial charge on any atom is -0.303 e. The van der Waals surface area contributed by atoms with E-state index in [9.17, 15) is 0 Å². The molecular formula is C12H27N. The van der Waals surface area contributed by atoms with Crippen molar-refractivity contribution in [1.82, 2.24) is 4.90 Å². The zero-order chi connectivity index (χ0) is 10.1. The maximum absolute atomic E-state index is 2.54. The van der Waals surface area contributed by atoms with Crippen molar-refractivity contribution in [3.8, 4) is 0 Å². The Hall–Kier alpha value is -0.0400. The standard InChI is InChI=1S/C10H21N.C2H6/c1-3-9-11(2)10-7-5-4-6-8-10;1-2/h10H,3-9H2,1-2H3;1-2H3. The van der Waals surface area contributed by atoms with Gasteiger partial charge in [-0.2, -0.15) is 0 Å². The van der Waals surface area contributed by atoms with Crippen molar-refractivity contribution >= 4 is 0 Å². The molecular weight excluding hydrogens is 158 g/mol. The summed E-state index contributed by atoms with van der Waals surface area (Å²) in [6.07, 6.45) is 8.56. The Morgan fingerprint density at radius 1 is 1.08 bits per heavy atom. The van der Waals surface area contributed by atoms with Crippen molar-refractivity contribution in [3.05, 3.63) is 0 Å². The van der Waals surface area contributed by atoms with Crippen LogP contribution in [0.4, 0.5) is 0 Å². The molecule has 0 spiro atoms. The molecule has 0 aromatic rings. The molecule has 1 rings (SSSR count). The summed E-state index contributed by atoms with van der Waals surface area (Å²) in [5.74, 6) is 0. The third kappa shape index (κ3) is 5.30. The van der Waals surface area contributed by atoms with Crippen molar-refractivity contribution in [2.75, 3.05) is 13.6 Å². The van der Waals surface area contributed by atoms with E-state index in [4.69, 9.17) is 0 Å². The fraction of sp³-hybridized carbons (Fsp3) is 1.00. The van der Waals surface area contributed by atoms with Crippen molar-refractivity contribution in [3.63, 3.8) is 0 Å². The molecule has 0 atom stereocenters. The van der Waals surface area contributed by atoms with E-state index in [1.165, 1.54) is 45.1 Å². The molecule has 0 heterocycles. The number of hydrogen-bond donors (Lipinski definition) is 0. The lowest BCUT2D eigenvalue weighted by atomic mass is 9.94. The van der Waals surface area contributed by atoms with Crippen molar-refractivity contribution in [1.29, 1.82) is 0 Å². The molecule has 0 unspecified atom stereocenters. The van der Waals surface area contributed by atoms with Gasteiger partial charge in [0.2, 0.25) is 0 Å². The highest BCUT2D eigenvalue weighted by atomic mass is 15.1. The molecule has 1 fully saturated rings. The maximum atomic E-state index is 2.54. The van der Waals surface area contributed by atoms with E-state index >= 15 is 0 Å². The normalized spacial score (nSPS) is 18.2. The molecule has 1 heteroatoms. The quantitative estimate of drug-likeness (QED) is 0.648. The lowest BCUT2D eigenvalue weighted by molar-refractivity contribution is 0.192. The first-order chi connectivity index (χ1) is 6.34. The molecule has 0 aromatic heterocycles. The molecule has 1 nitrogen and oxygen atoms in total. The highest BCUT2D eigenvalue weighted by molar-refractivity contribution is 4.72. The van der Waals surface area contributed by atoms with Gasteiger partial charge in [0.25, 0.3) is 0 Å². The number of nitrogens with zero attached hydrogens (tertiary/aromatic N) is 1. The predicted octanol–water partition coefficient (Wildman–Crippen LogP) is 3.69. The third-order valence-corrected chi connectivity index (χ3v) is 2.77. The van der Waals surface area contributed by atoms with Gasteiger partial charge in [-0.1, -0.05) is 40.0 Å². The second-order valence-electron chi connectivity index (χ2n) is 3.77. The summed E-state index contributed by atoms with van der Waals surface area (Å²) in [7, 11) is 2.28. The van der Waals surface area contributed by atoms with E-state index in [1.54, 1.807) is 0 Å². The summed E-state index contributed by atoms with van der Waals surface area (Å²) < 4.78 is 0. The van der Waals surface area contributed by atoms with Gasteiger partial charge in [-0.15, -0.1) is 0 Å². The monoisotopic (exact) mass is 185 g/mol. The lowest BCUT2D eigenvalue weighted by Crippen LogP contribution is -2.33. The Balaban J connectivity index is 0.000000671. The van der Waals surface area contributed by atoms with Crippen molar-refractivity contribution in [2.45, 2.75) is 65.3 Å². The predicted molar refractivity (Wildman–Crippen MR) is 61.1 cm³/mol. The van der Waals surface area contributed by atoms with E-state index in [-0.39, 0.29) is 0 Å². The van der Waals surface area contributed by atoms with Crippen LogP contribution in [0, 0.1) is 0 Å². The topological polar surface area (TPSA) is 3.24 Å². The average Bonchev–Trinajstić information content (AvgIpc) is 2.23. The fourth-order valence-electron chi connectivity index (χ4n) is 2.06. The van der Waals surface area contributed by atoms with Gasteiger partial charge in [0.05, 0.1) is 0 Å². The van der Waals surface area contributed by atoms with Gasteiger partial charge in [0.1, 0.15) is 0 Å². The van der Waals surface area contributed by atoms with Crippen molar-refractivity contribution in [2.24, 2.45) is 0 Å². The smallest absolute Gasteiger partial charge is 0.00922 e. The average molecular weight is 185 g/mol. The van der Waals surface area contributed by atoms with Crippen LogP contribution in [-0.4, -0.2) is 24.5 Å². The van der Waals surface area contributed by atoms with Gasteiger partial charge >= 0.3 is 0 Å². The Labute approximate surface area is 84.5 Å². The summed E-state index contributed by atoms with van der Waals surface area (Å²) in [5, 5.41) is 0. The van der Waals surface area contributed by atoms with E-state index in [0.717, 1.165) is 6.04 Å². The van der Waals surface area contributed by atoms with Crippen LogP contribution in [0.5, 0.6) is 0 Å². The molecule has 0 aliphatic heterocycles. The highest BCUT2D eigenvalue weighted by Crippen LogP contribution is 2.21. The molecule has 0 saturated heterocycles. The number of hydrogen-bond acceptors (Lipinski definition) is 1. The largest absolute Gasteiger partial charge is 0.303 e. The van der Waals surface area contributed by atoms with Crippen LogP contribution < -0.4 is 0 Å².